The number of β-amino-alcohol motifs (C(OH)–C–C–N with tert-alkyl or cyclic N) is 6. The van der Waals surface area contributed by atoms with Gasteiger partial charge in [0, 0.05) is 156 Å². The molecule has 0 aromatic rings. The van der Waals surface area contributed by atoms with E-state index in [0.717, 1.165) is 231 Å². The van der Waals surface area contributed by atoms with Crippen LogP contribution in [0, 0.1) is 0 Å². The smallest absolute Gasteiger partial charge is 0.305 e. The third kappa shape index (κ3) is 78.6. The van der Waals surface area contributed by atoms with Gasteiger partial charge in [0.05, 0.1) is 0 Å². The Morgan fingerprint density at radius 3 is 0.444 bits per heavy atom. The molecule has 24 nitrogen and oxygen atoms in total. The van der Waals surface area contributed by atoms with Crippen LogP contribution < -0.4 is 0 Å². The SMILES string of the molecule is CC/C=C\CCCCCCCC(=O)OCC(O)CN1CCN(CC(O)COC(=O)CCCCCCC/C=C\CC)CCN(CC(O)COC(=O)CCCCCCC/C=C\CC)CCN(CC(O)COC(=O)CCCCCCC/C=C\CC)CCN(CC(O)COC(=O)CCCCCCC/C=C\CC)CCN(CC(O)COC(=O)CCCCCCC/C=C\CC)CC1. The van der Waals surface area contributed by atoms with Crippen molar-refractivity contribution in [1.29, 1.82) is 0 Å². The summed E-state index contributed by atoms with van der Waals surface area (Å²) < 4.78 is 34.5. The van der Waals surface area contributed by atoms with E-state index in [9.17, 15) is 59.4 Å². The van der Waals surface area contributed by atoms with E-state index >= 15 is 0 Å². The fourth-order valence-electron chi connectivity index (χ4n) is 15.2. The summed E-state index contributed by atoms with van der Waals surface area (Å²) in [7, 11) is 0. The highest BCUT2D eigenvalue weighted by molar-refractivity contribution is 5.71. The average molecular weight is 1780 g/mol. The molecule has 1 aliphatic heterocycles. The van der Waals surface area contributed by atoms with E-state index < -0.39 is 72.4 Å². The molecule has 1 rings (SSSR count). The van der Waals surface area contributed by atoms with Gasteiger partial charge in [-0.15, -0.1) is 0 Å². The first-order valence-electron chi connectivity index (χ1n) is 50.6. The average Bonchev–Trinajstić information content (AvgIpc) is 0.880. The number of nitrogens with zero attached hydrogens (tertiary/aromatic N) is 6. The molecule has 1 fully saturated rings. The van der Waals surface area contributed by atoms with Crippen LogP contribution in [0.4, 0.5) is 0 Å². The van der Waals surface area contributed by atoms with E-state index in [0.29, 0.717) is 117 Å². The molecule has 0 saturated carbocycles. The number of unbranched alkanes of at least 4 members (excludes halogenated alkanes) is 30. The van der Waals surface area contributed by atoms with Crippen LogP contribution in [0.1, 0.15) is 350 Å². The fraction of sp³-hybridized carbons (Fsp3) is 0.824. The minimum atomic E-state index is -1.12. The first kappa shape index (κ1) is 119. The third-order valence-electron chi connectivity index (χ3n) is 22.8. The summed E-state index contributed by atoms with van der Waals surface area (Å²) in [6.45, 7) is 15.3. The van der Waals surface area contributed by atoms with Crippen LogP contribution in [-0.2, 0) is 57.2 Å². The molecule has 6 N–H and O–H groups in total. The second-order valence-electron chi connectivity index (χ2n) is 34.9. The maximum Gasteiger partial charge on any atom is 0.305 e. The van der Waals surface area contributed by atoms with Crippen molar-refractivity contribution in [3.63, 3.8) is 0 Å². The van der Waals surface area contributed by atoms with E-state index in [1.165, 1.54) is 0 Å². The Labute approximate surface area is 765 Å². The van der Waals surface area contributed by atoms with E-state index in [1.807, 2.05) is 0 Å². The number of hydrogen-bond acceptors (Lipinski definition) is 24. The van der Waals surface area contributed by atoms with Gasteiger partial charge >= 0.3 is 35.8 Å². The molecule has 0 spiro atoms. The fourth-order valence-corrected chi connectivity index (χ4v) is 15.2. The maximum absolute atomic E-state index is 13.3. The lowest BCUT2D eigenvalue weighted by Crippen LogP contribution is -2.51. The molecule has 6 atom stereocenters. The number of esters is 6. The molecule has 0 aromatic heterocycles. The van der Waals surface area contributed by atoms with Crippen molar-refractivity contribution in [1.82, 2.24) is 29.4 Å². The highest BCUT2D eigenvalue weighted by atomic mass is 16.6. The van der Waals surface area contributed by atoms with Crippen molar-refractivity contribution in [3.05, 3.63) is 72.9 Å². The van der Waals surface area contributed by atoms with Crippen LogP contribution >= 0.6 is 0 Å². The second-order valence-corrected chi connectivity index (χ2v) is 34.9. The molecule has 0 aliphatic carbocycles. The predicted octanol–water partition coefficient (Wildman–Crippen LogP) is 17.4. The van der Waals surface area contributed by atoms with Gasteiger partial charge in [0.15, 0.2) is 0 Å². The van der Waals surface area contributed by atoms with Gasteiger partial charge in [-0.3, -0.25) is 58.2 Å². The van der Waals surface area contributed by atoms with Crippen LogP contribution in [0.25, 0.3) is 0 Å². The molecule has 0 amide bonds. The molecular formula is C102H186N6O18. The van der Waals surface area contributed by atoms with Gasteiger partial charge in [0.2, 0.25) is 0 Å². The van der Waals surface area contributed by atoms with E-state index in [1.54, 1.807) is 0 Å². The number of hydrogen-bond donors (Lipinski definition) is 6. The summed E-state index contributed by atoms with van der Waals surface area (Å²) in [5.41, 5.74) is 0. The lowest BCUT2D eigenvalue weighted by atomic mass is 10.1. The number of ether oxygens (including phenoxy) is 6. The van der Waals surface area contributed by atoms with Crippen molar-refractivity contribution in [3.8, 4) is 0 Å². The molecule has 0 aromatic carbocycles. The minimum absolute atomic E-state index is 0.0635. The first-order chi connectivity index (χ1) is 61.3. The molecule has 126 heavy (non-hydrogen) atoms. The Morgan fingerprint density at radius 2 is 0.317 bits per heavy atom. The second kappa shape index (κ2) is 87.7. The maximum atomic E-state index is 13.3. The van der Waals surface area contributed by atoms with Crippen molar-refractivity contribution < 1.29 is 87.8 Å². The summed E-state index contributed by atoms with van der Waals surface area (Å²) in [4.78, 5) is 92.1. The Balaban J connectivity index is 4.07. The van der Waals surface area contributed by atoms with Gasteiger partial charge < -0.3 is 59.1 Å². The number of allylic oxidation sites excluding steroid dienone is 12. The van der Waals surface area contributed by atoms with Gasteiger partial charge in [-0.1, -0.05) is 230 Å². The Morgan fingerprint density at radius 1 is 0.198 bits per heavy atom. The standard InChI is InChI=1S/C102H186N6O18/c1-7-13-19-25-31-37-43-49-55-61-97(115)121-85-91(109)79-103-67-69-104(80-92(110)86-122-98(116)62-56-50-44-38-32-26-20-14-8-2)71-73-106(82-94(112)88-124-100(118)64-58-52-46-40-34-28-22-16-10-4)75-77-108(84-96(114)90-126-102(120)66-60-54-48-42-36-30-24-18-12-6)78-76-107(83-95(113)89-125-101(119)65-59-53-47-41-35-29-23-17-11-5)74-72-105(70-68-103)81-93(111)87-123-99(117)63-57-51-45-39-33-27-21-15-9-3/h13-24,91-96,109-114H,7-12,25-90H2,1-6H3/b19-13-,20-14-,21-15-,22-16-,23-17-,24-18-. The summed E-state index contributed by atoms with van der Waals surface area (Å²) in [5, 5.41) is 71.6. The molecule has 24 heteroatoms. The molecule has 1 aliphatic rings. The first-order valence-corrected chi connectivity index (χ1v) is 50.6. The van der Waals surface area contributed by atoms with Crippen molar-refractivity contribution in [2.45, 2.75) is 386 Å². The van der Waals surface area contributed by atoms with Crippen molar-refractivity contribution in [2.24, 2.45) is 0 Å². The van der Waals surface area contributed by atoms with Gasteiger partial charge in [0.1, 0.15) is 76.3 Å². The summed E-state index contributed by atoms with van der Waals surface area (Å²) in [6.07, 6.45) is 61.8. The number of carbonyl (C=O) groups excluding carboxylic acids is 6. The minimum Gasteiger partial charge on any atom is -0.463 e. The molecule has 1 saturated heterocycles. The molecule has 1 heterocycles. The van der Waals surface area contributed by atoms with E-state index in [-0.39, 0.29) is 117 Å². The highest BCUT2D eigenvalue weighted by Gasteiger charge is 2.27. The lowest BCUT2D eigenvalue weighted by molar-refractivity contribution is -0.148. The summed E-state index contributed by atoms with van der Waals surface area (Å²) >= 11 is 0. The topological polar surface area (TPSA) is 299 Å². The predicted molar refractivity (Wildman–Crippen MR) is 511 cm³/mol. The van der Waals surface area contributed by atoms with Gasteiger partial charge in [0.25, 0.3) is 0 Å². The number of aliphatic hydroxyl groups excluding tert-OH is 6. The summed E-state index contributed by atoms with van der Waals surface area (Å²) in [6, 6.07) is 0. The zero-order chi connectivity index (χ0) is 92.0. The Kier molecular flexibility index (Phi) is 82.7. The molecule has 0 bridgehead atoms. The van der Waals surface area contributed by atoms with Crippen LogP contribution in [0.15, 0.2) is 72.9 Å². The molecular weight excluding hydrogens is 1600 g/mol. The molecule has 732 valence electrons. The van der Waals surface area contributed by atoms with E-state index in [4.69, 9.17) is 28.4 Å². The van der Waals surface area contributed by atoms with Crippen molar-refractivity contribution in [2.75, 3.05) is 157 Å². The number of carbonyl (C=O) groups is 6. The molecule has 0 radical (unpaired) electrons. The Hall–Kier alpha value is -5.22. The monoisotopic (exact) mass is 1780 g/mol. The lowest BCUT2D eigenvalue weighted by Gasteiger charge is -2.36. The zero-order valence-corrected chi connectivity index (χ0v) is 80.6. The van der Waals surface area contributed by atoms with Gasteiger partial charge in [-0.2, -0.15) is 0 Å². The van der Waals surface area contributed by atoms with Crippen LogP contribution in [-0.4, -0.2) is 290 Å². The third-order valence-corrected chi connectivity index (χ3v) is 22.8. The quantitative estimate of drug-likeness (QED) is 0.0143. The van der Waals surface area contributed by atoms with Crippen LogP contribution in [0.3, 0.4) is 0 Å². The van der Waals surface area contributed by atoms with Crippen molar-refractivity contribution >= 4 is 35.8 Å². The van der Waals surface area contributed by atoms with Gasteiger partial charge in [-0.25, -0.2) is 0 Å². The summed E-state index contributed by atoms with van der Waals surface area (Å²) in [5.74, 6) is -2.35. The zero-order valence-electron chi connectivity index (χ0n) is 80.6. The molecule has 6 unspecified atom stereocenters. The largest absolute Gasteiger partial charge is 0.463 e. The van der Waals surface area contributed by atoms with Gasteiger partial charge in [-0.05, 0) is 154 Å². The van der Waals surface area contributed by atoms with E-state index in [2.05, 4.69) is 144 Å². The van der Waals surface area contributed by atoms with Crippen LogP contribution in [0.5, 0.6) is 0 Å². The normalized spacial score (nSPS) is 16.3. The van der Waals surface area contributed by atoms with Crippen LogP contribution in [0.2, 0.25) is 0 Å². The number of rotatable bonds is 78. The highest BCUT2D eigenvalue weighted by Crippen LogP contribution is 2.18. The number of aliphatic hydroxyl groups is 6. The Bertz CT molecular complexity index is 2270.